The van der Waals surface area contributed by atoms with Crippen molar-refractivity contribution in [2.45, 2.75) is 43.3 Å². The van der Waals surface area contributed by atoms with E-state index in [0.29, 0.717) is 35.8 Å². The van der Waals surface area contributed by atoms with Gasteiger partial charge in [-0.3, -0.25) is 0 Å². The van der Waals surface area contributed by atoms with Crippen molar-refractivity contribution in [2.75, 3.05) is 9.80 Å². The van der Waals surface area contributed by atoms with Gasteiger partial charge in [0.25, 0.3) is 0 Å². The molecule has 2 unspecified atom stereocenters. The van der Waals surface area contributed by atoms with E-state index in [-0.39, 0.29) is 23.3 Å². The quantitative estimate of drug-likeness (QED) is 0.0800. The summed E-state index contributed by atoms with van der Waals surface area (Å²) < 4.78 is 76.0. The summed E-state index contributed by atoms with van der Waals surface area (Å²) in [6, 6.07) is 119. The molecule has 8 heteroatoms. The summed E-state index contributed by atoms with van der Waals surface area (Å²) >= 11 is 0. The highest BCUT2D eigenvalue weighted by atomic mass is 19.1. The fourth-order valence-electron chi connectivity index (χ4n) is 19.0. The SMILES string of the molecule is C=Cc1ccc(COc2ccc(C3(c4ccc(F)cc4)c4ccccc4-c4ccc(N(c5ccc(F)c(C)c5)c5ccc6c(c5)C5(c7ccccc7-6)c6ccccc6-c6ccc(N(c7ccc(F)c(C)c7)c7ccc8c(c7)C(c7ccc(F)cc7)(c7ccc(OCc9ccc(C=C)cc9)cc7)c7ccccc7-8)cc65)cc43)cc2)cc1. The fraction of sp³-hybridized carbons (Fsp3) is 0.0654. The molecule has 115 heavy (non-hydrogen) atoms. The highest BCUT2D eigenvalue weighted by Gasteiger charge is 2.53. The molecule has 0 amide bonds. The van der Waals surface area contributed by atoms with Crippen molar-refractivity contribution in [3.8, 4) is 56.0 Å². The summed E-state index contributed by atoms with van der Waals surface area (Å²) in [7, 11) is 0. The number of rotatable bonds is 18. The summed E-state index contributed by atoms with van der Waals surface area (Å²) in [5, 5.41) is 0. The maximum absolute atomic E-state index is 16.1. The van der Waals surface area contributed by atoms with Crippen molar-refractivity contribution >= 4 is 46.3 Å². The molecule has 1 spiro atoms. The second-order valence-corrected chi connectivity index (χ2v) is 30.4. The first-order chi connectivity index (χ1) is 56.3. The van der Waals surface area contributed by atoms with Gasteiger partial charge >= 0.3 is 0 Å². The number of aryl methyl sites for hydroxylation is 2. The number of nitrogens with zero attached hydrogens (tertiary/aromatic N) is 2. The van der Waals surface area contributed by atoms with Gasteiger partial charge in [-0.1, -0.05) is 244 Å². The standard InChI is InChI=1S/C107H74F4N2O2/c1-5-69-23-27-71(28-24-69)65-114-85-49-35-75(36-50-85)105(73-31-39-77(108)40-32-73)95-19-11-7-15-87(95)91-53-43-81(61-99(91)105)112(79-47-57-103(110)67(3)59-79)83-45-55-93-89-17-9-13-21-97(89)107(101(93)63-83)98-22-14-10-18-90(98)94-56-46-84(64-102(94)107)113(80-48-58-104(111)68(4)60-80)82-44-54-92-88-16-8-12-20-96(88)106(100(92)62-82,74-33-41-78(109)42-34-74)76-37-51-86(52-38-76)115-66-72-29-25-70(6-2)26-30-72/h5-64H,1-2,65-66H2,3-4H3. The lowest BCUT2D eigenvalue weighted by molar-refractivity contribution is 0.306. The molecular formula is C107H74F4N2O2. The first-order valence-corrected chi connectivity index (χ1v) is 38.8. The minimum atomic E-state index is -0.961. The fourth-order valence-corrected chi connectivity index (χ4v) is 19.0. The maximum atomic E-state index is 16.1. The summed E-state index contributed by atoms with van der Waals surface area (Å²) in [5.41, 5.74) is 27.7. The Kier molecular flexibility index (Phi) is 16.9. The molecule has 16 aromatic rings. The van der Waals surface area contributed by atoms with E-state index >= 15 is 17.6 Å². The van der Waals surface area contributed by atoms with Gasteiger partial charge in [0.2, 0.25) is 0 Å². The van der Waals surface area contributed by atoms with Crippen LogP contribution in [-0.2, 0) is 29.5 Å². The molecule has 16 aromatic carbocycles. The molecule has 0 radical (unpaired) electrons. The summed E-state index contributed by atoms with van der Waals surface area (Å²) in [5.74, 6) is 0.0880. The summed E-state index contributed by atoms with van der Waals surface area (Å²) in [6.07, 6.45) is 3.65. The summed E-state index contributed by atoms with van der Waals surface area (Å²) in [6.45, 7) is 12.2. The molecule has 20 rings (SSSR count). The Balaban J connectivity index is 0.758. The monoisotopic (exact) mass is 1490 g/mol. The Bertz CT molecular complexity index is 6190. The van der Waals surface area contributed by atoms with Crippen LogP contribution in [0.2, 0.25) is 0 Å². The minimum Gasteiger partial charge on any atom is -0.489 e. The van der Waals surface area contributed by atoms with Crippen LogP contribution in [0.4, 0.5) is 51.7 Å². The molecule has 552 valence electrons. The molecule has 0 saturated heterocycles. The van der Waals surface area contributed by atoms with Gasteiger partial charge in [0.15, 0.2) is 0 Å². The van der Waals surface area contributed by atoms with Crippen LogP contribution < -0.4 is 19.3 Å². The van der Waals surface area contributed by atoms with E-state index in [1.165, 1.54) is 0 Å². The molecule has 0 bridgehead atoms. The lowest BCUT2D eigenvalue weighted by Gasteiger charge is -2.36. The van der Waals surface area contributed by atoms with Crippen LogP contribution in [0.5, 0.6) is 11.5 Å². The number of hydrogen-bond donors (Lipinski definition) is 0. The molecule has 0 N–H and O–H groups in total. The first-order valence-electron chi connectivity index (χ1n) is 38.8. The predicted molar refractivity (Wildman–Crippen MR) is 458 cm³/mol. The van der Waals surface area contributed by atoms with E-state index < -0.39 is 16.2 Å². The second kappa shape index (κ2) is 27.7. The van der Waals surface area contributed by atoms with E-state index in [4.69, 9.17) is 9.47 Å². The molecule has 0 fully saturated rings. The number of benzene rings is 16. The molecular weight excluding hydrogens is 1420 g/mol. The molecule has 0 aliphatic heterocycles. The van der Waals surface area contributed by atoms with Crippen LogP contribution in [0.1, 0.15) is 100 Å². The third-order valence-corrected chi connectivity index (χ3v) is 24.3. The van der Waals surface area contributed by atoms with E-state index in [9.17, 15) is 0 Å². The molecule has 0 saturated carbocycles. The topological polar surface area (TPSA) is 24.9 Å². The molecule has 0 heterocycles. The van der Waals surface area contributed by atoms with Crippen LogP contribution in [0.25, 0.3) is 56.7 Å². The van der Waals surface area contributed by atoms with Crippen molar-refractivity contribution in [2.24, 2.45) is 0 Å². The van der Waals surface area contributed by atoms with Gasteiger partial charge in [0, 0.05) is 34.1 Å². The molecule has 4 nitrogen and oxygen atoms in total. The average Bonchev–Trinajstić information content (AvgIpc) is 1.51. The lowest BCUT2D eigenvalue weighted by atomic mass is 9.67. The average molecular weight is 1500 g/mol. The van der Waals surface area contributed by atoms with Gasteiger partial charge in [-0.2, -0.15) is 0 Å². The van der Waals surface area contributed by atoms with Crippen LogP contribution in [0.15, 0.2) is 365 Å². The van der Waals surface area contributed by atoms with Crippen molar-refractivity contribution in [3.05, 3.63) is 488 Å². The third kappa shape index (κ3) is 11.1. The highest BCUT2D eigenvalue weighted by molar-refractivity contribution is 5.99. The van der Waals surface area contributed by atoms with Crippen LogP contribution >= 0.6 is 0 Å². The minimum absolute atomic E-state index is 0.319. The van der Waals surface area contributed by atoms with Crippen molar-refractivity contribution in [1.82, 2.24) is 0 Å². The molecule has 0 aromatic heterocycles. The number of hydrogen-bond acceptors (Lipinski definition) is 4. The molecule has 2 atom stereocenters. The van der Waals surface area contributed by atoms with Gasteiger partial charge in [-0.25, -0.2) is 17.6 Å². The van der Waals surface area contributed by atoms with Gasteiger partial charge in [0.05, 0.1) is 16.2 Å². The second-order valence-electron chi connectivity index (χ2n) is 30.4. The Hall–Kier alpha value is -14.1. The van der Waals surface area contributed by atoms with E-state index in [2.05, 4.69) is 217 Å². The number of ether oxygens (including phenoxy) is 2. The van der Waals surface area contributed by atoms with Gasteiger partial charge in [-0.15, -0.1) is 0 Å². The van der Waals surface area contributed by atoms with E-state index in [0.717, 1.165) is 168 Å². The number of fused-ring (bicyclic) bond motifs is 16. The number of halogens is 4. The van der Waals surface area contributed by atoms with Crippen LogP contribution in [0, 0.1) is 37.1 Å². The summed E-state index contributed by atoms with van der Waals surface area (Å²) in [4.78, 5) is 4.51. The van der Waals surface area contributed by atoms with Gasteiger partial charge < -0.3 is 19.3 Å². The lowest BCUT2D eigenvalue weighted by Crippen LogP contribution is -2.29. The van der Waals surface area contributed by atoms with E-state index in [1.54, 1.807) is 36.4 Å². The highest BCUT2D eigenvalue weighted by Crippen LogP contribution is 2.66. The maximum Gasteiger partial charge on any atom is 0.126 e. The van der Waals surface area contributed by atoms with Crippen LogP contribution in [-0.4, -0.2) is 0 Å². The first kappa shape index (κ1) is 70.1. The predicted octanol–water partition coefficient (Wildman–Crippen LogP) is 27.3. The largest absolute Gasteiger partial charge is 0.489 e. The normalized spacial score (nSPS) is 16.0. The van der Waals surface area contributed by atoms with Crippen LogP contribution in [0.3, 0.4) is 0 Å². The Morgan fingerprint density at radius 2 is 0.530 bits per heavy atom. The zero-order valence-electron chi connectivity index (χ0n) is 63.2. The van der Waals surface area contributed by atoms with Gasteiger partial charge in [0.1, 0.15) is 48.0 Å². The Morgan fingerprint density at radius 1 is 0.270 bits per heavy atom. The van der Waals surface area contributed by atoms with Crippen molar-refractivity contribution in [3.63, 3.8) is 0 Å². The van der Waals surface area contributed by atoms with Crippen molar-refractivity contribution < 1.29 is 27.0 Å². The smallest absolute Gasteiger partial charge is 0.126 e. The van der Waals surface area contributed by atoms with Crippen molar-refractivity contribution in [1.29, 1.82) is 0 Å². The van der Waals surface area contributed by atoms with Gasteiger partial charge in [-0.05, 0) is 292 Å². The molecule has 4 aliphatic carbocycles. The zero-order chi connectivity index (χ0) is 77.8. The third-order valence-electron chi connectivity index (χ3n) is 24.3. The zero-order valence-corrected chi connectivity index (χ0v) is 63.2. The Labute approximate surface area is 666 Å². The number of anilines is 6. The van der Waals surface area contributed by atoms with E-state index in [1.807, 2.05) is 147 Å². The molecule has 4 aliphatic rings. The Morgan fingerprint density at radius 3 is 0.835 bits per heavy atom.